The van der Waals surface area contributed by atoms with Gasteiger partial charge in [0.05, 0.1) is 42.3 Å². The predicted molar refractivity (Wildman–Crippen MR) is 131 cm³/mol. The Morgan fingerprint density at radius 1 is 0.909 bits per heavy atom. The number of anilines is 3. The molecule has 2 N–H and O–H groups in total. The molecule has 33 heavy (non-hydrogen) atoms. The second kappa shape index (κ2) is 9.48. The fourth-order valence-corrected chi connectivity index (χ4v) is 4.46. The number of imidazole rings is 1. The molecule has 2 heterocycles. The van der Waals surface area contributed by atoms with Crippen LogP contribution >= 0.6 is 0 Å². The molecule has 1 aliphatic rings. The van der Waals surface area contributed by atoms with E-state index in [1.54, 1.807) is 41.6 Å². The molecular weight excluding hydrogens is 422 g/mol. The van der Waals surface area contributed by atoms with Crippen LogP contribution in [0.3, 0.4) is 0 Å². The molecule has 1 saturated heterocycles. The molecule has 2 aromatic carbocycles. The number of methoxy groups -OCH3 is 2. The van der Waals surface area contributed by atoms with Crippen LogP contribution in [0.4, 0.5) is 21.9 Å². The van der Waals surface area contributed by atoms with Gasteiger partial charge in [-0.05, 0) is 51.0 Å². The minimum Gasteiger partial charge on any atom is -0.497 e. The quantitative estimate of drug-likeness (QED) is 0.562. The molecule has 0 spiro atoms. The number of aryl methyl sites for hydroxylation is 2. The van der Waals surface area contributed by atoms with Crippen LogP contribution in [0.1, 0.15) is 26.7 Å². The summed E-state index contributed by atoms with van der Waals surface area (Å²) in [5.41, 5.74) is 3.78. The van der Waals surface area contributed by atoms with Crippen molar-refractivity contribution in [3.8, 4) is 11.5 Å². The molecule has 4 rings (SSSR count). The standard InChI is InChI=1S/C24H31N5O4/c1-5-28-20-14-18(26-23(30)25-17-10-9-16(32-3)13-22(17)33-4)19(27-11-7-8-12-27)15-21(20)29(6-2)24(28)31/h9-10,13-15H,5-8,11-12H2,1-4H3,(H2,25,26,30). The van der Waals surface area contributed by atoms with E-state index in [0.29, 0.717) is 36.0 Å². The third kappa shape index (κ3) is 4.22. The van der Waals surface area contributed by atoms with Gasteiger partial charge in [-0.15, -0.1) is 0 Å². The van der Waals surface area contributed by atoms with Gasteiger partial charge < -0.3 is 25.0 Å². The zero-order valence-electron chi connectivity index (χ0n) is 19.6. The second-order valence-corrected chi connectivity index (χ2v) is 7.97. The van der Waals surface area contributed by atoms with Crippen molar-refractivity contribution in [2.45, 2.75) is 39.8 Å². The Labute approximate surface area is 192 Å². The van der Waals surface area contributed by atoms with Crippen molar-refractivity contribution in [1.82, 2.24) is 9.13 Å². The van der Waals surface area contributed by atoms with Crippen LogP contribution in [0.5, 0.6) is 11.5 Å². The zero-order chi connectivity index (χ0) is 23.5. The number of benzene rings is 2. The molecule has 9 heteroatoms. The van der Waals surface area contributed by atoms with Gasteiger partial charge in [0.1, 0.15) is 11.5 Å². The summed E-state index contributed by atoms with van der Waals surface area (Å²) in [4.78, 5) is 28.1. The number of amides is 2. The highest BCUT2D eigenvalue weighted by atomic mass is 16.5. The van der Waals surface area contributed by atoms with E-state index in [9.17, 15) is 9.59 Å². The average molecular weight is 454 g/mol. The number of rotatable bonds is 7. The number of hydrogen-bond acceptors (Lipinski definition) is 5. The lowest BCUT2D eigenvalue weighted by atomic mass is 10.2. The fourth-order valence-electron chi connectivity index (χ4n) is 4.46. The van der Waals surface area contributed by atoms with Crippen LogP contribution in [-0.4, -0.2) is 42.5 Å². The number of carbonyl (C=O) groups excluding carboxylic acids is 1. The Bertz CT molecular complexity index is 1220. The number of carbonyl (C=O) groups is 1. The summed E-state index contributed by atoms with van der Waals surface area (Å²) >= 11 is 0. The van der Waals surface area contributed by atoms with Crippen molar-refractivity contribution in [2.24, 2.45) is 0 Å². The van der Waals surface area contributed by atoms with Crippen LogP contribution in [0, 0.1) is 0 Å². The fraction of sp³-hybridized carbons (Fsp3) is 0.417. The largest absolute Gasteiger partial charge is 0.497 e. The van der Waals surface area contributed by atoms with E-state index in [0.717, 1.165) is 42.7 Å². The van der Waals surface area contributed by atoms with Gasteiger partial charge in [-0.25, -0.2) is 9.59 Å². The molecule has 1 aliphatic heterocycles. The minimum atomic E-state index is -0.390. The summed E-state index contributed by atoms with van der Waals surface area (Å²) < 4.78 is 14.1. The number of nitrogens with one attached hydrogen (secondary N) is 2. The van der Waals surface area contributed by atoms with Crippen molar-refractivity contribution in [3.05, 3.63) is 40.8 Å². The van der Waals surface area contributed by atoms with Crippen molar-refractivity contribution < 1.29 is 14.3 Å². The lowest BCUT2D eigenvalue weighted by Gasteiger charge is -2.22. The normalized spacial score (nSPS) is 13.4. The molecule has 9 nitrogen and oxygen atoms in total. The van der Waals surface area contributed by atoms with Crippen LogP contribution < -0.4 is 30.7 Å². The maximum Gasteiger partial charge on any atom is 0.329 e. The molecule has 0 bridgehead atoms. The number of fused-ring (bicyclic) bond motifs is 1. The maximum absolute atomic E-state index is 13.0. The van der Waals surface area contributed by atoms with Crippen molar-refractivity contribution >= 4 is 34.1 Å². The molecule has 3 aromatic rings. The van der Waals surface area contributed by atoms with Crippen LogP contribution in [0.15, 0.2) is 35.1 Å². The lowest BCUT2D eigenvalue weighted by molar-refractivity contribution is 0.262. The van der Waals surface area contributed by atoms with Gasteiger partial charge in [0.2, 0.25) is 0 Å². The summed E-state index contributed by atoms with van der Waals surface area (Å²) in [7, 11) is 3.12. The van der Waals surface area contributed by atoms with Gasteiger partial charge >= 0.3 is 11.7 Å². The summed E-state index contributed by atoms with van der Waals surface area (Å²) in [5.74, 6) is 1.14. The molecule has 176 valence electrons. The van der Waals surface area contributed by atoms with Crippen molar-refractivity contribution in [1.29, 1.82) is 0 Å². The Morgan fingerprint density at radius 3 is 2.15 bits per heavy atom. The summed E-state index contributed by atoms with van der Waals surface area (Å²) in [6.07, 6.45) is 2.20. The summed E-state index contributed by atoms with van der Waals surface area (Å²) in [6.45, 7) is 6.90. The van der Waals surface area contributed by atoms with Crippen LogP contribution in [-0.2, 0) is 13.1 Å². The van der Waals surface area contributed by atoms with Gasteiger partial charge in [0, 0.05) is 32.2 Å². The van der Waals surface area contributed by atoms with E-state index in [1.165, 1.54) is 0 Å². The molecule has 1 aromatic heterocycles. The predicted octanol–water partition coefficient (Wildman–Crippen LogP) is 4.10. The first-order valence-electron chi connectivity index (χ1n) is 11.3. The second-order valence-electron chi connectivity index (χ2n) is 7.97. The zero-order valence-corrected chi connectivity index (χ0v) is 19.6. The molecule has 0 atom stereocenters. The summed E-state index contributed by atoms with van der Waals surface area (Å²) in [6, 6.07) is 8.75. The average Bonchev–Trinajstić information content (AvgIpc) is 3.44. The Kier molecular flexibility index (Phi) is 6.48. The van der Waals surface area contributed by atoms with Gasteiger partial charge in [-0.1, -0.05) is 0 Å². The number of aromatic nitrogens is 2. The van der Waals surface area contributed by atoms with E-state index in [4.69, 9.17) is 9.47 Å². The molecule has 2 amide bonds. The van der Waals surface area contributed by atoms with Crippen molar-refractivity contribution in [2.75, 3.05) is 42.8 Å². The number of ether oxygens (including phenoxy) is 2. The highest BCUT2D eigenvalue weighted by molar-refractivity contribution is 6.04. The first-order chi connectivity index (χ1) is 16.0. The number of urea groups is 1. The highest BCUT2D eigenvalue weighted by Gasteiger charge is 2.22. The first-order valence-corrected chi connectivity index (χ1v) is 11.3. The molecule has 0 radical (unpaired) electrons. The van der Waals surface area contributed by atoms with E-state index in [1.807, 2.05) is 26.0 Å². The summed E-state index contributed by atoms with van der Waals surface area (Å²) in [5, 5.41) is 5.86. The van der Waals surface area contributed by atoms with E-state index >= 15 is 0 Å². The monoisotopic (exact) mass is 453 g/mol. The van der Waals surface area contributed by atoms with Gasteiger partial charge in [0.15, 0.2) is 0 Å². The minimum absolute atomic E-state index is 0.0352. The lowest BCUT2D eigenvalue weighted by Crippen LogP contribution is -2.24. The van der Waals surface area contributed by atoms with Crippen LogP contribution in [0.25, 0.3) is 11.0 Å². The van der Waals surface area contributed by atoms with Gasteiger partial charge in [-0.2, -0.15) is 0 Å². The Hall–Kier alpha value is -3.62. The third-order valence-electron chi connectivity index (χ3n) is 6.12. The molecule has 0 saturated carbocycles. The maximum atomic E-state index is 13.0. The van der Waals surface area contributed by atoms with Crippen molar-refractivity contribution in [3.63, 3.8) is 0 Å². The van der Waals surface area contributed by atoms with Gasteiger partial charge in [-0.3, -0.25) is 9.13 Å². The molecule has 0 aliphatic carbocycles. The Morgan fingerprint density at radius 2 is 1.55 bits per heavy atom. The smallest absolute Gasteiger partial charge is 0.329 e. The number of hydrogen-bond donors (Lipinski definition) is 2. The topological polar surface area (TPSA) is 89.8 Å². The van der Waals surface area contributed by atoms with E-state index in [2.05, 4.69) is 15.5 Å². The molecular formula is C24H31N5O4. The SMILES string of the molecule is CCn1c(=O)n(CC)c2cc(N3CCCC3)c(NC(=O)Nc3ccc(OC)cc3OC)cc21. The third-order valence-corrected chi connectivity index (χ3v) is 6.12. The molecule has 0 unspecified atom stereocenters. The van der Waals surface area contributed by atoms with E-state index < -0.39 is 6.03 Å². The Balaban J connectivity index is 1.72. The first kappa shape index (κ1) is 22.6. The number of nitrogens with zero attached hydrogens (tertiary/aromatic N) is 3. The van der Waals surface area contributed by atoms with Crippen LogP contribution in [0.2, 0.25) is 0 Å². The highest BCUT2D eigenvalue weighted by Crippen LogP contribution is 2.34. The van der Waals surface area contributed by atoms with E-state index in [-0.39, 0.29) is 5.69 Å². The molecule has 1 fully saturated rings. The van der Waals surface area contributed by atoms with Gasteiger partial charge in [0.25, 0.3) is 0 Å².